The average Bonchev–Trinajstić information content (AvgIpc) is 3.43. The minimum Gasteiger partial charge on any atom is -0.457 e. The molecule has 144 valence electrons. The van der Waals surface area contributed by atoms with Gasteiger partial charge in [0.25, 0.3) is 0 Å². The summed E-state index contributed by atoms with van der Waals surface area (Å²) in [6, 6.07) is 12.1. The van der Waals surface area contributed by atoms with Crippen LogP contribution in [0.5, 0.6) is 0 Å². The van der Waals surface area contributed by atoms with E-state index in [0.717, 1.165) is 56.4 Å². The van der Waals surface area contributed by atoms with Crippen LogP contribution in [0.3, 0.4) is 0 Å². The maximum Gasteiger partial charge on any atom is 0.191 e. The van der Waals surface area contributed by atoms with Crippen LogP contribution in [-0.2, 0) is 13.0 Å². The quantitative estimate of drug-likeness (QED) is 0.367. The Bertz CT molecular complexity index is 1060. The third-order valence-corrected chi connectivity index (χ3v) is 6.03. The van der Waals surface area contributed by atoms with Crippen molar-refractivity contribution in [3.05, 3.63) is 58.2 Å². The number of fused-ring (bicyclic) bond motifs is 1. The zero-order valence-corrected chi connectivity index (χ0v) is 17.4. The molecule has 0 saturated heterocycles. The van der Waals surface area contributed by atoms with Gasteiger partial charge in [-0.3, -0.25) is 4.99 Å². The van der Waals surface area contributed by atoms with Crippen molar-refractivity contribution >= 4 is 38.8 Å². The first kappa shape index (κ1) is 18.6. The summed E-state index contributed by atoms with van der Waals surface area (Å²) in [6.45, 7) is 3.35. The van der Waals surface area contributed by atoms with Crippen LogP contribution in [0.4, 0.5) is 0 Å². The number of benzene rings is 1. The minimum atomic E-state index is 0.556. The smallest absolute Gasteiger partial charge is 0.191 e. The van der Waals surface area contributed by atoms with Gasteiger partial charge in [-0.25, -0.2) is 9.97 Å². The zero-order chi connectivity index (χ0) is 19.3. The monoisotopic (exact) mass is 411 g/mol. The van der Waals surface area contributed by atoms with Crippen LogP contribution >= 0.6 is 22.7 Å². The van der Waals surface area contributed by atoms with Gasteiger partial charge in [-0.2, -0.15) is 0 Å². The molecule has 4 rings (SSSR count). The lowest BCUT2D eigenvalue weighted by Gasteiger charge is -2.10. The standard InChI is InChI=1S/C20H21N5OS2/c1-13-24-14(12-27-13)9-10-22-20(21-2)23-11-15-7-8-17(26-15)19-25-16-5-3-4-6-18(16)28-19/h3-8,12H,9-11H2,1-2H3,(H2,21,22,23). The second kappa shape index (κ2) is 8.53. The summed E-state index contributed by atoms with van der Waals surface area (Å²) in [5.41, 5.74) is 2.11. The highest BCUT2D eigenvalue weighted by molar-refractivity contribution is 7.21. The molecule has 0 spiro atoms. The number of rotatable bonds is 6. The summed E-state index contributed by atoms with van der Waals surface area (Å²) in [5.74, 6) is 2.37. The van der Waals surface area contributed by atoms with Crippen molar-refractivity contribution in [1.82, 2.24) is 20.6 Å². The molecule has 0 radical (unpaired) electrons. The fourth-order valence-electron chi connectivity index (χ4n) is 2.79. The second-order valence-corrected chi connectivity index (χ2v) is 8.31. The summed E-state index contributed by atoms with van der Waals surface area (Å²) >= 11 is 3.31. The Morgan fingerprint density at radius 1 is 1.14 bits per heavy atom. The van der Waals surface area contributed by atoms with Crippen LogP contribution in [-0.4, -0.2) is 29.5 Å². The van der Waals surface area contributed by atoms with Gasteiger partial charge in [-0.1, -0.05) is 12.1 Å². The van der Waals surface area contributed by atoms with Gasteiger partial charge in [0.1, 0.15) is 5.76 Å². The third kappa shape index (κ3) is 4.40. The van der Waals surface area contributed by atoms with E-state index in [9.17, 15) is 0 Å². The third-order valence-electron chi connectivity index (χ3n) is 4.16. The lowest BCUT2D eigenvalue weighted by molar-refractivity contribution is 0.513. The van der Waals surface area contributed by atoms with Crippen molar-refractivity contribution in [1.29, 1.82) is 0 Å². The molecule has 0 bridgehead atoms. The molecule has 0 unspecified atom stereocenters. The highest BCUT2D eigenvalue weighted by atomic mass is 32.1. The van der Waals surface area contributed by atoms with E-state index in [2.05, 4.69) is 37.0 Å². The first-order valence-electron chi connectivity index (χ1n) is 9.01. The number of aromatic nitrogens is 2. The van der Waals surface area contributed by atoms with Gasteiger partial charge in [0.15, 0.2) is 16.7 Å². The maximum absolute atomic E-state index is 5.96. The van der Waals surface area contributed by atoms with Gasteiger partial charge in [0.05, 0.1) is 27.5 Å². The van der Waals surface area contributed by atoms with E-state index in [0.29, 0.717) is 6.54 Å². The van der Waals surface area contributed by atoms with Gasteiger partial charge in [-0.15, -0.1) is 22.7 Å². The van der Waals surface area contributed by atoms with Crippen LogP contribution < -0.4 is 10.6 Å². The number of para-hydroxylation sites is 1. The highest BCUT2D eigenvalue weighted by Gasteiger charge is 2.10. The van der Waals surface area contributed by atoms with Crippen molar-refractivity contribution in [3.8, 4) is 10.8 Å². The summed E-state index contributed by atoms with van der Waals surface area (Å²) in [6.07, 6.45) is 0.869. The van der Waals surface area contributed by atoms with E-state index >= 15 is 0 Å². The number of thiazole rings is 2. The molecule has 3 heterocycles. The van der Waals surface area contributed by atoms with Crippen molar-refractivity contribution < 1.29 is 4.42 Å². The SMILES string of the molecule is CN=C(NCCc1csc(C)n1)NCc1ccc(-c2nc3ccccc3s2)o1. The van der Waals surface area contributed by atoms with E-state index in [1.165, 1.54) is 0 Å². The molecule has 3 aromatic heterocycles. The molecule has 0 atom stereocenters. The van der Waals surface area contributed by atoms with Gasteiger partial charge < -0.3 is 15.1 Å². The molecule has 6 nitrogen and oxygen atoms in total. The Morgan fingerprint density at radius 3 is 2.82 bits per heavy atom. The number of furan rings is 1. The summed E-state index contributed by atoms with van der Waals surface area (Å²) < 4.78 is 7.13. The fraction of sp³-hybridized carbons (Fsp3) is 0.250. The molecule has 0 aliphatic heterocycles. The fourth-order valence-corrected chi connectivity index (χ4v) is 4.36. The summed E-state index contributed by atoms with van der Waals surface area (Å²) in [7, 11) is 1.76. The number of nitrogens with one attached hydrogen (secondary N) is 2. The average molecular weight is 412 g/mol. The van der Waals surface area contributed by atoms with E-state index < -0.39 is 0 Å². The second-order valence-electron chi connectivity index (χ2n) is 6.21. The highest BCUT2D eigenvalue weighted by Crippen LogP contribution is 2.31. The Morgan fingerprint density at radius 2 is 2.04 bits per heavy atom. The molecule has 8 heteroatoms. The number of aliphatic imine (C=N–C) groups is 1. The molecule has 28 heavy (non-hydrogen) atoms. The predicted molar refractivity (Wildman–Crippen MR) is 116 cm³/mol. The molecular formula is C20H21N5OS2. The summed E-state index contributed by atoms with van der Waals surface area (Å²) in [5, 5.41) is 10.7. The van der Waals surface area contributed by atoms with E-state index in [-0.39, 0.29) is 0 Å². The van der Waals surface area contributed by atoms with Crippen LogP contribution in [0.2, 0.25) is 0 Å². The van der Waals surface area contributed by atoms with E-state index in [1.54, 1.807) is 29.7 Å². The maximum atomic E-state index is 5.96. The first-order valence-corrected chi connectivity index (χ1v) is 10.7. The molecule has 0 aliphatic rings. The van der Waals surface area contributed by atoms with Gasteiger partial charge >= 0.3 is 0 Å². The Kier molecular flexibility index (Phi) is 5.68. The first-order chi connectivity index (χ1) is 13.7. The number of aryl methyl sites for hydroxylation is 1. The normalized spacial score (nSPS) is 11.9. The van der Waals surface area contributed by atoms with Crippen LogP contribution in [0.15, 0.2) is 51.2 Å². The van der Waals surface area contributed by atoms with Crippen molar-refractivity contribution in [2.24, 2.45) is 4.99 Å². The van der Waals surface area contributed by atoms with Crippen LogP contribution in [0, 0.1) is 6.92 Å². The van der Waals surface area contributed by atoms with Gasteiger partial charge in [-0.05, 0) is 31.2 Å². The number of hydrogen-bond donors (Lipinski definition) is 2. The van der Waals surface area contributed by atoms with Crippen LogP contribution in [0.1, 0.15) is 16.5 Å². The molecule has 2 N–H and O–H groups in total. The van der Waals surface area contributed by atoms with Gasteiger partial charge in [0.2, 0.25) is 0 Å². The van der Waals surface area contributed by atoms with Crippen molar-refractivity contribution in [3.63, 3.8) is 0 Å². The zero-order valence-electron chi connectivity index (χ0n) is 15.7. The Balaban J connectivity index is 1.31. The lowest BCUT2D eigenvalue weighted by Crippen LogP contribution is -2.37. The number of hydrogen-bond acceptors (Lipinski definition) is 6. The van der Waals surface area contributed by atoms with E-state index in [4.69, 9.17) is 4.42 Å². The lowest BCUT2D eigenvalue weighted by atomic mass is 10.3. The van der Waals surface area contributed by atoms with Gasteiger partial charge in [0, 0.05) is 25.4 Å². The topological polar surface area (TPSA) is 75.3 Å². The Hall–Kier alpha value is -2.71. The molecule has 4 aromatic rings. The molecule has 0 amide bonds. The predicted octanol–water partition coefficient (Wildman–Crippen LogP) is 4.23. The number of guanidine groups is 1. The van der Waals surface area contributed by atoms with Crippen molar-refractivity contribution in [2.45, 2.75) is 19.9 Å². The molecule has 0 saturated carbocycles. The Labute approximate surface area is 171 Å². The molecular weight excluding hydrogens is 390 g/mol. The molecule has 0 fully saturated rings. The van der Waals surface area contributed by atoms with Crippen molar-refractivity contribution in [2.75, 3.05) is 13.6 Å². The molecule has 1 aromatic carbocycles. The largest absolute Gasteiger partial charge is 0.457 e. The molecule has 0 aliphatic carbocycles. The minimum absolute atomic E-state index is 0.556. The number of nitrogens with zero attached hydrogens (tertiary/aromatic N) is 3. The van der Waals surface area contributed by atoms with E-state index in [1.807, 2.05) is 37.3 Å². The van der Waals surface area contributed by atoms with Crippen LogP contribution in [0.25, 0.3) is 21.0 Å². The summed E-state index contributed by atoms with van der Waals surface area (Å²) in [4.78, 5) is 13.4.